The summed E-state index contributed by atoms with van der Waals surface area (Å²) in [6.07, 6.45) is -0.167. The van der Waals surface area contributed by atoms with Gasteiger partial charge in [0.15, 0.2) is 11.4 Å². The number of carbonyl (C=O) groups is 2. The molecule has 0 N–H and O–H groups in total. The van der Waals surface area contributed by atoms with Crippen molar-refractivity contribution in [3.05, 3.63) is 23.8 Å². The molecule has 0 fully saturated rings. The standard InChI is InChI=1S/C12H11NO5/c1-16-11(15)6-9(14)7-3-4-10-8(5-7)13-12(17-2)18-10/h3-5H,6H2,1-2H3. The monoisotopic (exact) mass is 249 g/mol. The van der Waals surface area contributed by atoms with Gasteiger partial charge in [-0.15, -0.1) is 0 Å². The summed E-state index contributed by atoms with van der Waals surface area (Å²) in [4.78, 5) is 26.8. The number of ether oxygens (including phenoxy) is 2. The first kappa shape index (κ1) is 12.1. The van der Waals surface area contributed by atoms with E-state index in [1.54, 1.807) is 18.2 Å². The first-order valence-electron chi connectivity index (χ1n) is 5.18. The Morgan fingerprint density at radius 3 is 2.78 bits per heavy atom. The molecule has 2 rings (SSSR count). The van der Waals surface area contributed by atoms with Gasteiger partial charge in [-0.2, -0.15) is 4.98 Å². The molecule has 0 spiro atoms. The first-order valence-corrected chi connectivity index (χ1v) is 5.18. The topological polar surface area (TPSA) is 78.6 Å². The van der Waals surface area contributed by atoms with Gasteiger partial charge in [0.1, 0.15) is 11.9 Å². The minimum atomic E-state index is -0.571. The molecule has 2 aromatic rings. The number of oxazole rings is 1. The number of hydrogen-bond acceptors (Lipinski definition) is 6. The summed E-state index contributed by atoms with van der Waals surface area (Å²) in [7, 11) is 2.68. The number of ketones is 1. The van der Waals surface area contributed by atoms with E-state index in [1.807, 2.05) is 0 Å². The Labute approximate surface area is 103 Å². The smallest absolute Gasteiger partial charge is 0.394 e. The van der Waals surface area contributed by atoms with Gasteiger partial charge in [-0.3, -0.25) is 9.59 Å². The number of aromatic nitrogens is 1. The van der Waals surface area contributed by atoms with E-state index in [1.165, 1.54) is 14.2 Å². The highest BCUT2D eigenvalue weighted by Gasteiger charge is 2.14. The van der Waals surface area contributed by atoms with E-state index in [9.17, 15) is 9.59 Å². The zero-order chi connectivity index (χ0) is 13.1. The van der Waals surface area contributed by atoms with Crippen molar-refractivity contribution in [3.63, 3.8) is 0 Å². The Kier molecular flexibility index (Phi) is 3.27. The molecule has 0 aliphatic carbocycles. The molecule has 6 nitrogen and oxygen atoms in total. The normalized spacial score (nSPS) is 10.3. The summed E-state index contributed by atoms with van der Waals surface area (Å²) in [6.45, 7) is 0. The van der Waals surface area contributed by atoms with Crippen molar-refractivity contribution in [3.8, 4) is 6.08 Å². The fourth-order valence-corrected chi connectivity index (χ4v) is 1.47. The highest BCUT2D eigenvalue weighted by molar-refractivity contribution is 6.07. The molecule has 0 aliphatic rings. The summed E-state index contributed by atoms with van der Waals surface area (Å²) >= 11 is 0. The molecule has 1 aromatic heterocycles. The van der Waals surface area contributed by atoms with Gasteiger partial charge >= 0.3 is 12.0 Å². The number of benzene rings is 1. The summed E-state index contributed by atoms with van der Waals surface area (Å²) < 4.78 is 14.5. The van der Waals surface area contributed by atoms with Crippen LogP contribution in [0, 0.1) is 0 Å². The third-order valence-corrected chi connectivity index (χ3v) is 2.40. The van der Waals surface area contributed by atoms with Crippen molar-refractivity contribution >= 4 is 22.9 Å². The van der Waals surface area contributed by atoms with Crippen molar-refractivity contribution in [2.75, 3.05) is 14.2 Å². The van der Waals surface area contributed by atoms with E-state index < -0.39 is 5.97 Å². The van der Waals surface area contributed by atoms with Gasteiger partial charge in [0.05, 0.1) is 14.2 Å². The molecular weight excluding hydrogens is 238 g/mol. The molecule has 0 radical (unpaired) electrons. The fourth-order valence-electron chi connectivity index (χ4n) is 1.47. The van der Waals surface area contributed by atoms with Crippen molar-refractivity contribution in [1.82, 2.24) is 4.98 Å². The molecule has 6 heteroatoms. The maximum atomic E-state index is 11.7. The van der Waals surface area contributed by atoms with E-state index in [4.69, 9.17) is 9.15 Å². The second-order valence-corrected chi connectivity index (χ2v) is 3.54. The Morgan fingerprint density at radius 2 is 2.11 bits per heavy atom. The van der Waals surface area contributed by atoms with Crippen LogP contribution in [0.1, 0.15) is 16.8 Å². The van der Waals surface area contributed by atoms with Gasteiger partial charge in [0.2, 0.25) is 0 Å². The van der Waals surface area contributed by atoms with Crippen molar-refractivity contribution < 1.29 is 23.5 Å². The Bertz CT molecular complexity index is 602. The largest absolute Gasteiger partial charge is 0.469 e. The molecule has 18 heavy (non-hydrogen) atoms. The summed E-state index contributed by atoms with van der Waals surface area (Å²) in [5.41, 5.74) is 1.40. The predicted molar refractivity (Wildman–Crippen MR) is 61.5 cm³/mol. The first-order chi connectivity index (χ1) is 8.63. The summed E-state index contributed by atoms with van der Waals surface area (Å²) in [5, 5.41) is 0. The lowest BCUT2D eigenvalue weighted by Crippen LogP contribution is -2.09. The number of Topliss-reactive ketones (excluding diaryl/α,β-unsaturated/α-hetero) is 1. The van der Waals surface area contributed by atoms with Crippen LogP contribution in [-0.4, -0.2) is 31.0 Å². The van der Waals surface area contributed by atoms with Crippen LogP contribution in [0.15, 0.2) is 22.6 Å². The van der Waals surface area contributed by atoms with Crippen LogP contribution >= 0.6 is 0 Å². The minimum absolute atomic E-state index is 0.127. The summed E-state index contributed by atoms with van der Waals surface area (Å²) in [6, 6.07) is 4.72. The van der Waals surface area contributed by atoms with E-state index in [-0.39, 0.29) is 18.3 Å². The van der Waals surface area contributed by atoms with Crippen LogP contribution in [0.25, 0.3) is 11.1 Å². The molecule has 0 unspecified atom stereocenters. The molecule has 1 aromatic carbocycles. The molecule has 0 saturated heterocycles. The lowest BCUT2D eigenvalue weighted by atomic mass is 10.1. The van der Waals surface area contributed by atoms with Gasteiger partial charge in [0.25, 0.3) is 0 Å². The summed E-state index contributed by atoms with van der Waals surface area (Å²) in [5.74, 6) is -0.899. The number of esters is 1. The van der Waals surface area contributed by atoms with Gasteiger partial charge in [-0.25, -0.2) is 0 Å². The van der Waals surface area contributed by atoms with Crippen LogP contribution in [0.3, 0.4) is 0 Å². The number of nitrogens with zero attached hydrogens (tertiary/aromatic N) is 1. The lowest BCUT2D eigenvalue weighted by molar-refractivity contribution is -0.139. The number of fused-ring (bicyclic) bond motifs is 1. The lowest BCUT2D eigenvalue weighted by Gasteiger charge is -1.99. The molecule has 0 amide bonds. The molecule has 94 valence electrons. The van der Waals surface area contributed by atoms with E-state index in [0.717, 1.165) is 0 Å². The van der Waals surface area contributed by atoms with Crippen molar-refractivity contribution in [2.24, 2.45) is 0 Å². The van der Waals surface area contributed by atoms with Gasteiger partial charge in [-0.05, 0) is 18.2 Å². The van der Waals surface area contributed by atoms with E-state index in [2.05, 4.69) is 9.72 Å². The predicted octanol–water partition coefficient (Wildman–Crippen LogP) is 1.58. The number of hydrogen-bond donors (Lipinski definition) is 0. The van der Waals surface area contributed by atoms with Crippen LogP contribution in [0.5, 0.6) is 6.08 Å². The van der Waals surface area contributed by atoms with Gasteiger partial charge in [-0.1, -0.05) is 0 Å². The Balaban J connectivity index is 2.29. The maximum absolute atomic E-state index is 11.7. The third kappa shape index (κ3) is 2.32. The zero-order valence-electron chi connectivity index (χ0n) is 9.93. The minimum Gasteiger partial charge on any atom is -0.469 e. The second kappa shape index (κ2) is 4.87. The fraction of sp³-hybridized carbons (Fsp3) is 0.250. The molecule has 1 heterocycles. The SMILES string of the molecule is COC(=O)CC(=O)c1ccc2oc(OC)nc2c1. The highest BCUT2D eigenvalue weighted by Crippen LogP contribution is 2.21. The van der Waals surface area contributed by atoms with Gasteiger partial charge in [0, 0.05) is 5.56 Å². The molecule has 0 bridgehead atoms. The molecule has 0 saturated carbocycles. The van der Waals surface area contributed by atoms with Crippen molar-refractivity contribution in [2.45, 2.75) is 6.42 Å². The van der Waals surface area contributed by atoms with Crippen LogP contribution in [-0.2, 0) is 9.53 Å². The second-order valence-electron chi connectivity index (χ2n) is 3.54. The zero-order valence-corrected chi connectivity index (χ0v) is 9.93. The van der Waals surface area contributed by atoms with E-state index in [0.29, 0.717) is 16.7 Å². The average molecular weight is 249 g/mol. The van der Waals surface area contributed by atoms with E-state index >= 15 is 0 Å². The molecule has 0 atom stereocenters. The number of methoxy groups -OCH3 is 2. The molecular formula is C12H11NO5. The Morgan fingerprint density at radius 1 is 1.33 bits per heavy atom. The number of carbonyl (C=O) groups excluding carboxylic acids is 2. The quantitative estimate of drug-likeness (QED) is 0.465. The average Bonchev–Trinajstić information content (AvgIpc) is 2.80. The van der Waals surface area contributed by atoms with Gasteiger partial charge < -0.3 is 13.9 Å². The molecule has 0 aliphatic heterocycles. The van der Waals surface area contributed by atoms with Crippen LogP contribution < -0.4 is 4.74 Å². The number of rotatable bonds is 4. The Hall–Kier alpha value is -2.37. The van der Waals surface area contributed by atoms with Crippen molar-refractivity contribution in [1.29, 1.82) is 0 Å². The highest BCUT2D eigenvalue weighted by atomic mass is 16.6. The third-order valence-electron chi connectivity index (χ3n) is 2.40. The maximum Gasteiger partial charge on any atom is 0.394 e. The van der Waals surface area contributed by atoms with Crippen LogP contribution in [0.4, 0.5) is 0 Å². The van der Waals surface area contributed by atoms with Crippen LogP contribution in [0.2, 0.25) is 0 Å².